The van der Waals surface area contributed by atoms with Crippen LogP contribution in [0.25, 0.3) is 0 Å². The standard InChI is InChI=1S/C18H27N5/c1-14-18(15(2)21-20-14)13-23-8-6-17(12-23)11-22(3)10-16-5-4-7-19-9-16/h4-5,7,9,17H,6,8,10-13H2,1-3H3,(H,20,21)/t17-/m1/s1. The van der Waals surface area contributed by atoms with Crippen LogP contribution in [0.1, 0.15) is 28.9 Å². The first-order valence-electron chi connectivity index (χ1n) is 8.42. The summed E-state index contributed by atoms with van der Waals surface area (Å²) >= 11 is 0. The van der Waals surface area contributed by atoms with Crippen molar-refractivity contribution in [3.8, 4) is 0 Å². The van der Waals surface area contributed by atoms with Crippen LogP contribution in [0.5, 0.6) is 0 Å². The second-order valence-corrected chi connectivity index (χ2v) is 6.86. The van der Waals surface area contributed by atoms with Crippen LogP contribution in [0.3, 0.4) is 0 Å². The highest BCUT2D eigenvalue weighted by atomic mass is 15.2. The van der Waals surface area contributed by atoms with E-state index >= 15 is 0 Å². The quantitative estimate of drug-likeness (QED) is 0.889. The zero-order valence-electron chi connectivity index (χ0n) is 14.4. The normalized spacial score (nSPS) is 18.9. The summed E-state index contributed by atoms with van der Waals surface area (Å²) in [6.45, 7) is 9.73. The molecule has 3 rings (SSSR count). The number of nitrogens with one attached hydrogen (secondary N) is 1. The summed E-state index contributed by atoms with van der Waals surface area (Å²) in [4.78, 5) is 9.18. The van der Waals surface area contributed by atoms with Crippen LogP contribution < -0.4 is 0 Å². The largest absolute Gasteiger partial charge is 0.302 e. The number of aromatic amines is 1. The second kappa shape index (κ2) is 7.23. The number of rotatable bonds is 6. The molecule has 0 spiro atoms. The van der Waals surface area contributed by atoms with E-state index in [0.29, 0.717) is 0 Å². The summed E-state index contributed by atoms with van der Waals surface area (Å²) in [5.41, 5.74) is 5.00. The highest BCUT2D eigenvalue weighted by Gasteiger charge is 2.24. The number of likely N-dealkylation sites (tertiary alicyclic amines) is 1. The molecule has 0 aliphatic carbocycles. The Morgan fingerprint density at radius 1 is 1.39 bits per heavy atom. The summed E-state index contributed by atoms with van der Waals surface area (Å²) in [5, 5.41) is 7.40. The summed E-state index contributed by atoms with van der Waals surface area (Å²) in [6, 6.07) is 4.16. The van der Waals surface area contributed by atoms with Gasteiger partial charge in [0.05, 0.1) is 5.69 Å². The number of nitrogens with zero attached hydrogens (tertiary/aromatic N) is 4. The van der Waals surface area contributed by atoms with Crippen molar-refractivity contribution in [3.63, 3.8) is 0 Å². The molecule has 1 saturated heterocycles. The van der Waals surface area contributed by atoms with Crippen LogP contribution in [-0.2, 0) is 13.1 Å². The van der Waals surface area contributed by atoms with Crippen molar-refractivity contribution in [3.05, 3.63) is 47.0 Å². The highest BCUT2D eigenvalue weighted by molar-refractivity contribution is 5.23. The Morgan fingerprint density at radius 3 is 2.96 bits per heavy atom. The van der Waals surface area contributed by atoms with Gasteiger partial charge in [0.15, 0.2) is 0 Å². The van der Waals surface area contributed by atoms with E-state index < -0.39 is 0 Å². The van der Waals surface area contributed by atoms with Gasteiger partial charge in [-0.1, -0.05) is 6.07 Å². The van der Waals surface area contributed by atoms with Crippen LogP contribution in [0.4, 0.5) is 0 Å². The molecule has 5 heteroatoms. The van der Waals surface area contributed by atoms with Crippen molar-refractivity contribution in [2.75, 3.05) is 26.7 Å². The molecule has 1 N–H and O–H groups in total. The van der Waals surface area contributed by atoms with Crippen LogP contribution in [0.15, 0.2) is 24.5 Å². The van der Waals surface area contributed by atoms with E-state index in [-0.39, 0.29) is 0 Å². The van der Waals surface area contributed by atoms with Crippen molar-refractivity contribution in [1.29, 1.82) is 0 Å². The van der Waals surface area contributed by atoms with E-state index in [1.54, 1.807) is 0 Å². The van der Waals surface area contributed by atoms with Gasteiger partial charge >= 0.3 is 0 Å². The van der Waals surface area contributed by atoms with Gasteiger partial charge in [0.25, 0.3) is 0 Å². The number of pyridine rings is 1. The van der Waals surface area contributed by atoms with Gasteiger partial charge in [-0.25, -0.2) is 0 Å². The van der Waals surface area contributed by atoms with E-state index in [9.17, 15) is 0 Å². The van der Waals surface area contributed by atoms with Gasteiger partial charge in [-0.05, 0) is 51.4 Å². The molecule has 23 heavy (non-hydrogen) atoms. The number of aromatic nitrogens is 3. The topological polar surface area (TPSA) is 48.1 Å². The lowest BCUT2D eigenvalue weighted by molar-refractivity contribution is 0.254. The summed E-state index contributed by atoms with van der Waals surface area (Å²) in [5.74, 6) is 0.754. The number of hydrogen-bond acceptors (Lipinski definition) is 4. The van der Waals surface area contributed by atoms with Crippen molar-refractivity contribution in [2.24, 2.45) is 5.92 Å². The zero-order chi connectivity index (χ0) is 16.2. The fourth-order valence-corrected chi connectivity index (χ4v) is 3.54. The zero-order valence-corrected chi connectivity index (χ0v) is 14.4. The SMILES string of the molecule is Cc1n[nH]c(C)c1CN1CC[C@H](CN(C)Cc2cccnc2)C1. The van der Waals surface area contributed by atoms with Crippen molar-refractivity contribution in [1.82, 2.24) is 25.0 Å². The van der Waals surface area contributed by atoms with Gasteiger partial charge in [0.2, 0.25) is 0 Å². The first-order valence-corrected chi connectivity index (χ1v) is 8.42. The van der Waals surface area contributed by atoms with E-state index in [1.807, 2.05) is 18.5 Å². The van der Waals surface area contributed by atoms with Crippen molar-refractivity contribution >= 4 is 0 Å². The molecular formula is C18H27N5. The minimum absolute atomic E-state index is 0.754. The monoisotopic (exact) mass is 313 g/mol. The molecule has 0 unspecified atom stereocenters. The molecule has 1 aliphatic rings. The molecule has 2 aromatic heterocycles. The third kappa shape index (κ3) is 4.18. The van der Waals surface area contributed by atoms with Crippen LogP contribution in [-0.4, -0.2) is 51.7 Å². The third-order valence-electron chi connectivity index (χ3n) is 4.78. The molecular weight excluding hydrogens is 286 g/mol. The molecule has 3 heterocycles. The molecule has 1 aliphatic heterocycles. The molecule has 0 saturated carbocycles. The third-order valence-corrected chi connectivity index (χ3v) is 4.78. The average molecular weight is 313 g/mol. The second-order valence-electron chi connectivity index (χ2n) is 6.86. The molecule has 1 fully saturated rings. The number of hydrogen-bond donors (Lipinski definition) is 1. The lowest BCUT2D eigenvalue weighted by Gasteiger charge is -2.21. The molecule has 0 amide bonds. The fourth-order valence-electron chi connectivity index (χ4n) is 3.54. The van der Waals surface area contributed by atoms with Gasteiger partial charge in [-0.3, -0.25) is 15.0 Å². The van der Waals surface area contributed by atoms with E-state index in [4.69, 9.17) is 0 Å². The maximum Gasteiger partial charge on any atom is 0.0639 e. The predicted molar refractivity (Wildman–Crippen MR) is 92.0 cm³/mol. The van der Waals surface area contributed by atoms with Gasteiger partial charge < -0.3 is 4.90 Å². The Labute approximate surface area is 138 Å². The summed E-state index contributed by atoms with van der Waals surface area (Å²) in [6.07, 6.45) is 5.08. The first kappa shape index (κ1) is 16.1. The smallest absolute Gasteiger partial charge is 0.0639 e. The van der Waals surface area contributed by atoms with Gasteiger partial charge in [-0.2, -0.15) is 5.10 Å². The molecule has 0 radical (unpaired) electrons. The van der Waals surface area contributed by atoms with E-state index in [2.05, 4.69) is 51.9 Å². The van der Waals surface area contributed by atoms with E-state index in [1.165, 1.54) is 36.3 Å². The van der Waals surface area contributed by atoms with Crippen LogP contribution >= 0.6 is 0 Å². The summed E-state index contributed by atoms with van der Waals surface area (Å²) < 4.78 is 0. The maximum absolute atomic E-state index is 4.31. The Hall–Kier alpha value is -1.72. The van der Waals surface area contributed by atoms with Gasteiger partial charge in [0, 0.05) is 49.8 Å². The minimum atomic E-state index is 0.754. The molecule has 1 atom stereocenters. The van der Waals surface area contributed by atoms with Gasteiger partial charge in [-0.15, -0.1) is 0 Å². The minimum Gasteiger partial charge on any atom is -0.302 e. The molecule has 0 aromatic carbocycles. The predicted octanol–water partition coefficient (Wildman–Crippen LogP) is 2.38. The van der Waals surface area contributed by atoms with Crippen molar-refractivity contribution in [2.45, 2.75) is 33.4 Å². The lowest BCUT2D eigenvalue weighted by atomic mass is 10.1. The lowest BCUT2D eigenvalue weighted by Crippen LogP contribution is -2.28. The average Bonchev–Trinajstić information content (AvgIpc) is 3.10. The Morgan fingerprint density at radius 2 is 2.26 bits per heavy atom. The first-order chi connectivity index (χ1) is 11.1. The van der Waals surface area contributed by atoms with Gasteiger partial charge in [0.1, 0.15) is 0 Å². The fraction of sp³-hybridized carbons (Fsp3) is 0.556. The van der Waals surface area contributed by atoms with Crippen LogP contribution in [0.2, 0.25) is 0 Å². The van der Waals surface area contributed by atoms with Crippen LogP contribution in [0, 0.1) is 19.8 Å². The molecule has 124 valence electrons. The maximum atomic E-state index is 4.31. The molecule has 5 nitrogen and oxygen atoms in total. The Kier molecular flexibility index (Phi) is 5.08. The number of H-pyrrole nitrogens is 1. The Balaban J connectivity index is 1.48. The number of aryl methyl sites for hydroxylation is 2. The summed E-state index contributed by atoms with van der Waals surface area (Å²) in [7, 11) is 2.21. The molecule has 2 aromatic rings. The molecule has 0 bridgehead atoms. The van der Waals surface area contributed by atoms with E-state index in [0.717, 1.165) is 31.2 Å². The highest BCUT2D eigenvalue weighted by Crippen LogP contribution is 2.21. The Bertz CT molecular complexity index is 602. The van der Waals surface area contributed by atoms with Crippen molar-refractivity contribution < 1.29 is 0 Å².